The van der Waals surface area contributed by atoms with Gasteiger partial charge in [0.05, 0.1) is 17.5 Å². The molecule has 7 nitrogen and oxygen atoms in total. The van der Waals surface area contributed by atoms with E-state index in [1.165, 1.54) is 11.8 Å². The van der Waals surface area contributed by atoms with Crippen molar-refractivity contribution in [1.29, 1.82) is 0 Å². The zero-order valence-electron chi connectivity index (χ0n) is 14.7. The Morgan fingerprint density at radius 1 is 1.35 bits per heavy atom. The molecule has 0 spiro atoms. The number of anilines is 1. The Morgan fingerprint density at radius 2 is 2.15 bits per heavy atom. The standard InChI is InChI=1S/C18H21N3O4S/c1-12-9-24-15-6-4-3-5-14(15)8-21(12)18(23)11-26-10-17(22)19-16-7-13(2)25-20-16/h3-7,12H,8-11H2,1-2H3,(H,19,20,22)/t12-/m1/s1. The molecule has 2 heterocycles. The van der Waals surface area contributed by atoms with Gasteiger partial charge in [-0.1, -0.05) is 23.4 Å². The normalized spacial score (nSPS) is 16.4. The van der Waals surface area contributed by atoms with Gasteiger partial charge in [-0.15, -0.1) is 11.8 Å². The Balaban J connectivity index is 1.50. The topological polar surface area (TPSA) is 84.7 Å². The molecule has 0 unspecified atom stereocenters. The Morgan fingerprint density at radius 3 is 2.92 bits per heavy atom. The number of aromatic nitrogens is 1. The molecule has 0 fully saturated rings. The van der Waals surface area contributed by atoms with Crippen LogP contribution >= 0.6 is 11.8 Å². The van der Waals surface area contributed by atoms with Gasteiger partial charge in [0.15, 0.2) is 5.82 Å². The summed E-state index contributed by atoms with van der Waals surface area (Å²) in [4.78, 5) is 26.3. The maximum Gasteiger partial charge on any atom is 0.235 e. The van der Waals surface area contributed by atoms with Crippen molar-refractivity contribution < 1.29 is 18.8 Å². The number of nitrogens with one attached hydrogen (secondary N) is 1. The van der Waals surface area contributed by atoms with Gasteiger partial charge in [0.1, 0.15) is 18.1 Å². The molecule has 26 heavy (non-hydrogen) atoms. The van der Waals surface area contributed by atoms with Crippen LogP contribution in [0.5, 0.6) is 5.75 Å². The summed E-state index contributed by atoms with van der Waals surface area (Å²) in [7, 11) is 0. The molecular formula is C18H21N3O4S. The van der Waals surface area contributed by atoms with Crippen molar-refractivity contribution >= 4 is 29.4 Å². The van der Waals surface area contributed by atoms with Crippen molar-refractivity contribution in [2.75, 3.05) is 23.4 Å². The molecule has 0 radical (unpaired) electrons. The third kappa shape index (κ3) is 4.57. The van der Waals surface area contributed by atoms with E-state index in [1.807, 2.05) is 31.2 Å². The molecule has 1 N–H and O–H groups in total. The molecule has 0 bridgehead atoms. The SMILES string of the molecule is Cc1cc(NC(=O)CSCC(=O)N2Cc3ccccc3OC[C@H]2C)no1. The minimum Gasteiger partial charge on any atom is -0.491 e. The molecule has 0 saturated heterocycles. The number of benzene rings is 1. The van der Waals surface area contributed by atoms with Crippen LogP contribution in [0.15, 0.2) is 34.9 Å². The highest BCUT2D eigenvalue weighted by molar-refractivity contribution is 8.00. The van der Waals surface area contributed by atoms with E-state index in [4.69, 9.17) is 9.26 Å². The second-order valence-electron chi connectivity index (χ2n) is 6.15. The molecule has 1 aliphatic rings. The van der Waals surface area contributed by atoms with Crippen LogP contribution in [0.2, 0.25) is 0 Å². The van der Waals surface area contributed by atoms with Crippen LogP contribution in [0.25, 0.3) is 0 Å². The molecule has 1 aliphatic heterocycles. The number of nitrogens with zero attached hydrogens (tertiary/aromatic N) is 2. The predicted octanol–water partition coefficient (Wildman–Crippen LogP) is 2.46. The van der Waals surface area contributed by atoms with Gasteiger partial charge < -0.3 is 19.5 Å². The lowest BCUT2D eigenvalue weighted by molar-refractivity contribution is -0.131. The van der Waals surface area contributed by atoms with Crippen molar-refractivity contribution in [2.24, 2.45) is 0 Å². The molecule has 2 aromatic rings. The summed E-state index contributed by atoms with van der Waals surface area (Å²) in [5.74, 6) is 2.02. The number of hydrogen-bond acceptors (Lipinski definition) is 6. The molecular weight excluding hydrogens is 354 g/mol. The van der Waals surface area contributed by atoms with E-state index in [0.29, 0.717) is 24.7 Å². The number of ether oxygens (including phenoxy) is 1. The number of amides is 2. The fourth-order valence-corrected chi connectivity index (χ4v) is 3.37. The highest BCUT2D eigenvalue weighted by atomic mass is 32.2. The fourth-order valence-electron chi connectivity index (χ4n) is 2.67. The lowest BCUT2D eigenvalue weighted by Gasteiger charge is -2.26. The number of carbonyl (C=O) groups excluding carboxylic acids is 2. The number of aryl methyl sites for hydroxylation is 1. The molecule has 1 aromatic heterocycles. The van der Waals surface area contributed by atoms with E-state index in [1.54, 1.807) is 17.9 Å². The molecule has 0 aliphatic carbocycles. The van der Waals surface area contributed by atoms with Crippen LogP contribution in [0.3, 0.4) is 0 Å². The summed E-state index contributed by atoms with van der Waals surface area (Å²) < 4.78 is 10.7. The molecule has 2 amide bonds. The van der Waals surface area contributed by atoms with E-state index >= 15 is 0 Å². The van der Waals surface area contributed by atoms with Crippen molar-refractivity contribution in [3.8, 4) is 5.75 Å². The first-order chi connectivity index (χ1) is 12.5. The van der Waals surface area contributed by atoms with Gasteiger partial charge in [0.2, 0.25) is 11.8 Å². The van der Waals surface area contributed by atoms with E-state index in [2.05, 4.69) is 10.5 Å². The summed E-state index contributed by atoms with van der Waals surface area (Å²) in [6.07, 6.45) is 0. The first-order valence-electron chi connectivity index (χ1n) is 8.34. The van der Waals surface area contributed by atoms with Gasteiger partial charge >= 0.3 is 0 Å². The van der Waals surface area contributed by atoms with E-state index in [0.717, 1.165) is 11.3 Å². The first-order valence-corrected chi connectivity index (χ1v) is 9.49. The second kappa shape index (κ2) is 8.27. The number of rotatable bonds is 5. The third-order valence-electron chi connectivity index (χ3n) is 4.00. The second-order valence-corrected chi connectivity index (χ2v) is 7.14. The zero-order chi connectivity index (χ0) is 18.5. The maximum atomic E-state index is 12.6. The lowest BCUT2D eigenvalue weighted by Crippen LogP contribution is -2.41. The predicted molar refractivity (Wildman–Crippen MR) is 99.1 cm³/mol. The third-order valence-corrected chi connectivity index (χ3v) is 4.92. The number of carbonyl (C=O) groups is 2. The van der Waals surface area contributed by atoms with Gasteiger partial charge in [0, 0.05) is 18.2 Å². The summed E-state index contributed by atoms with van der Waals surface area (Å²) >= 11 is 1.28. The number of para-hydroxylation sites is 1. The van der Waals surface area contributed by atoms with Crippen molar-refractivity contribution in [1.82, 2.24) is 10.1 Å². The van der Waals surface area contributed by atoms with Gasteiger partial charge in [-0.3, -0.25) is 9.59 Å². The van der Waals surface area contributed by atoms with Crippen molar-refractivity contribution in [3.63, 3.8) is 0 Å². The van der Waals surface area contributed by atoms with Gasteiger partial charge in [-0.25, -0.2) is 0 Å². The van der Waals surface area contributed by atoms with Crippen LogP contribution in [-0.2, 0) is 16.1 Å². The molecule has 1 aromatic carbocycles. The van der Waals surface area contributed by atoms with Crippen LogP contribution in [0.1, 0.15) is 18.2 Å². The summed E-state index contributed by atoms with van der Waals surface area (Å²) in [5.41, 5.74) is 0.995. The van der Waals surface area contributed by atoms with E-state index in [9.17, 15) is 9.59 Å². The Kier molecular flexibility index (Phi) is 5.82. The Labute approximate surface area is 156 Å². The average Bonchev–Trinajstić information content (AvgIpc) is 2.94. The molecule has 0 saturated carbocycles. The van der Waals surface area contributed by atoms with Crippen LogP contribution in [-0.4, -0.2) is 46.0 Å². The van der Waals surface area contributed by atoms with Crippen LogP contribution < -0.4 is 10.1 Å². The minimum atomic E-state index is -0.214. The smallest absolute Gasteiger partial charge is 0.235 e. The van der Waals surface area contributed by atoms with E-state index in [-0.39, 0.29) is 29.4 Å². The average molecular weight is 375 g/mol. The lowest BCUT2D eigenvalue weighted by atomic mass is 10.2. The van der Waals surface area contributed by atoms with Crippen molar-refractivity contribution in [2.45, 2.75) is 26.4 Å². The molecule has 8 heteroatoms. The van der Waals surface area contributed by atoms with Crippen LogP contribution in [0.4, 0.5) is 5.82 Å². The fraction of sp³-hybridized carbons (Fsp3) is 0.389. The Bertz CT molecular complexity index is 792. The van der Waals surface area contributed by atoms with Crippen LogP contribution in [0, 0.1) is 6.92 Å². The summed E-state index contributed by atoms with van der Waals surface area (Å²) in [6.45, 7) is 4.69. The molecule has 3 rings (SSSR count). The maximum absolute atomic E-state index is 12.6. The highest BCUT2D eigenvalue weighted by Gasteiger charge is 2.25. The van der Waals surface area contributed by atoms with E-state index < -0.39 is 0 Å². The highest BCUT2D eigenvalue weighted by Crippen LogP contribution is 2.25. The van der Waals surface area contributed by atoms with Gasteiger partial charge in [0.25, 0.3) is 0 Å². The molecule has 138 valence electrons. The number of fused-ring (bicyclic) bond motifs is 1. The monoisotopic (exact) mass is 375 g/mol. The number of hydrogen-bond donors (Lipinski definition) is 1. The number of thioether (sulfide) groups is 1. The first kappa shape index (κ1) is 18.3. The molecule has 1 atom stereocenters. The summed E-state index contributed by atoms with van der Waals surface area (Å²) in [6, 6.07) is 9.36. The quantitative estimate of drug-likeness (QED) is 0.864. The van der Waals surface area contributed by atoms with Gasteiger partial charge in [-0.2, -0.15) is 0 Å². The Hall–Kier alpha value is -2.48. The largest absolute Gasteiger partial charge is 0.491 e. The zero-order valence-corrected chi connectivity index (χ0v) is 15.5. The minimum absolute atomic E-state index is 0.00659. The van der Waals surface area contributed by atoms with Crippen molar-refractivity contribution in [3.05, 3.63) is 41.7 Å². The van der Waals surface area contributed by atoms with Gasteiger partial charge in [-0.05, 0) is 19.9 Å². The summed E-state index contributed by atoms with van der Waals surface area (Å²) in [5, 5.41) is 6.35.